The molecule has 1 aromatic rings. The van der Waals surface area contributed by atoms with E-state index in [1.807, 2.05) is 30.9 Å². The Morgan fingerprint density at radius 3 is 3.00 bits per heavy atom. The summed E-state index contributed by atoms with van der Waals surface area (Å²) < 4.78 is 1.89. The van der Waals surface area contributed by atoms with Crippen molar-refractivity contribution in [3.8, 4) is 0 Å². The molecule has 74 valence electrons. The third-order valence-corrected chi connectivity index (χ3v) is 3.10. The molecule has 0 saturated heterocycles. The van der Waals surface area contributed by atoms with Crippen LogP contribution in [0, 0.1) is 0 Å². The van der Waals surface area contributed by atoms with Gasteiger partial charge in [0.2, 0.25) is 0 Å². The first-order chi connectivity index (χ1) is 6.24. The van der Waals surface area contributed by atoms with Crippen LogP contribution in [0.3, 0.4) is 0 Å². The van der Waals surface area contributed by atoms with Gasteiger partial charge in [0.25, 0.3) is 0 Å². The van der Waals surface area contributed by atoms with Crippen LogP contribution in [0.1, 0.15) is 12.6 Å². The number of hydrogen-bond donors (Lipinski definition) is 1. The number of nitrogens with zero attached hydrogens (tertiary/aromatic N) is 2. The first-order valence-corrected chi connectivity index (χ1v) is 5.48. The van der Waals surface area contributed by atoms with Crippen LogP contribution < -0.4 is 0 Å². The zero-order valence-corrected chi connectivity index (χ0v) is 8.92. The lowest BCUT2D eigenvalue weighted by Gasteiger charge is -2.06. The second-order valence-corrected chi connectivity index (χ2v) is 4.61. The summed E-state index contributed by atoms with van der Waals surface area (Å²) in [6, 6.07) is 2.03. The van der Waals surface area contributed by atoms with Gasteiger partial charge in [0.1, 0.15) is 0 Å². The fraction of sp³-hybridized carbons (Fsp3) is 0.667. The molecule has 1 heterocycles. The summed E-state index contributed by atoms with van der Waals surface area (Å²) in [4.78, 5) is 0. The Morgan fingerprint density at radius 1 is 1.69 bits per heavy atom. The Labute approximate surface area is 83.1 Å². The molecule has 0 radical (unpaired) electrons. The van der Waals surface area contributed by atoms with Crippen molar-refractivity contribution in [1.82, 2.24) is 9.78 Å². The molecule has 0 amide bonds. The fourth-order valence-electron chi connectivity index (χ4n) is 1.06. The number of thioether (sulfide) groups is 1. The number of aliphatic hydroxyl groups excluding tert-OH is 1. The molecule has 1 rings (SSSR count). The molecule has 0 fully saturated rings. The minimum atomic E-state index is 0.260. The highest BCUT2D eigenvalue weighted by Gasteiger charge is 2.02. The van der Waals surface area contributed by atoms with E-state index < -0.39 is 0 Å². The van der Waals surface area contributed by atoms with E-state index in [0.717, 1.165) is 12.2 Å². The third-order valence-electron chi connectivity index (χ3n) is 1.94. The van der Waals surface area contributed by atoms with Crippen molar-refractivity contribution >= 4 is 11.8 Å². The van der Waals surface area contributed by atoms with Gasteiger partial charge in [-0.2, -0.15) is 16.9 Å². The van der Waals surface area contributed by atoms with Crippen LogP contribution in [0.5, 0.6) is 0 Å². The minimum absolute atomic E-state index is 0.260. The molecule has 0 bridgehead atoms. The molecule has 1 unspecified atom stereocenters. The van der Waals surface area contributed by atoms with Crippen LogP contribution in [0.2, 0.25) is 0 Å². The quantitative estimate of drug-likeness (QED) is 0.773. The zero-order valence-electron chi connectivity index (χ0n) is 8.10. The van der Waals surface area contributed by atoms with Crippen molar-refractivity contribution in [2.75, 3.05) is 12.4 Å². The average Bonchev–Trinajstić information content (AvgIpc) is 2.52. The fourth-order valence-corrected chi connectivity index (χ4v) is 1.90. The second-order valence-electron chi connectivity index (χ2n) is 3.06. The molecule has 1 aromatic heterocycles. The Hall–Kier alpha value is -0.480. The van der Waals surface area contributed by atoms with Crippen LogP contribution in [0.25, 0.3) is 0 Å². The predicted octanol–water partition coefficient (Wildman–Crippen LogP) is 1.08. The van der Waals surface area contributed by atoms with E-state index in [9.17, 15) is 0 Å². The largest absolute Gasteiger partial charge is 0.395 e. The van der Waals surface area contributed by atoms with Crippen LogP contribution in [-0.4, -0.2) is 32.5 Å². The van der Waals surface area contributed by atoms with Gasteiger partial charge < -0.3 is 5.11 Å². The molecular weight excluding hydrogens is 184 g/mol. The summed E-state index contributed by atoms with van der Waals surface area (Å²) in [6.07, 6.45) is 2.83. The first-order valence-electron chi connectivity index (χ1n) is 4.43. The molecule has 1 N–H and O–H groups in total. The molecule has 13 heavy (non-hydrogen) atoms. The lowest BCUT2D eigenvalue weighted by atomic mass is 10.3. The predicted molar refractivity (Wildman–Crippen MR) is 55.9 cm³/mol. The van der Waals surface area contributed by atoms with E-state index in [-0.39, 0.29) is 6.61 Å². The van der Waals surface area contributed by atoms with E-state index in [1.54, 1.807) is 11.8 Å². The first kappa shape index (κ1) is 10.6. The van der Waals surface area contributed by atoms with Crippen LogP contribution in [0.4, 0.5) is 0 Å². The Morgan fingerprint density at radius 2 is 2.46 bits per heavy atom. The SMILES string of the molecule is CC(CO)SCCc1ccnn1C. The lowest BCUT2D eigenvalue weighted by Crippen LogP contribution is -2.05. The monoisotopic (exact) mass is 200 g/mol. The van der Waals surface area contributed by atoms with Gasteiger partial charge in [-0.1, -0.05) is 6.92 Å². The van der Waals surface area contributed by atoms with Crippen molar-refractivity contribution in [1.29, 1.82) is 0 Å². The highest BCUT2D eigenvalue weighted by Crippen LogP contribution is 2.11. The second kappa shape index (κ2) is 5.29. The van der Waals surface area contributed by atoms with Crippen LogP contribution in [-0.2, 0) is 13.5 Å². The van der Waals surface area contributed by atoms with Gasteiger partial charge in [0, 0.05) is 24.2 Å². The normalized spacial score (nSPS) is 13.2. The van der Waals surface area contributed by atoms with Gasteiger partial charge in [-0.15, -0.1) is 0 Å². The number of aliphatic hydroxyl groups is 1. The Balaban J connectivity index is 2.24. The van der Waals surface area contributed by atoms with E-state index in [1.165, 1.54) is 5.69 Å². The lowest BCUT2D eigenvalue weighted by molar-refractivity contribution is 0.300. The summed E-state index contributed by atoms with van der Waals surface area (Å²) in [5.74, 6) is 1.04. The van der Waals surface area contributed by atoms with Gasteiger partial charge in [-0.05, 0) is 18.2 Å². The van der Waals surface area contributed by atoms with E-state index in [0.29, 0.717) is 5.25 Å². The van der Waals surface area contributed by atoms with Crippen molar-refractivity contribution in [2.24, 2.45) is 7.05 Å². The number of aromatic nitrogens is 2. The van der Waals surface area contributed by atoms with Gasteiger partial charge in [-0.3, -0.25) is 4.68 Å². The highest BCUT2D eigenvalue weighted by molar-refractivity contribution is 7.99. The van der Waals surface area contributed by atoms with Crippen LogP contribution >= 0.6 is 11.8 Å². The topological polar surface area (TPSA) is 38.1 Å². The number of hydrogen-bond acceptors (Lipinski definition) is 3. The average molecular weight is 200 g/mol. The molecule has 0 aliphatic rings. The van der Waals surface area contributed by atoms with E-state index in [4.69, 9.17) is 5.11 Å². The maximum atomic E-state index is 8.81. The maximum absolute atomic E-state index is 8.81. The third kappa shape index (κ3) is 3.40. The molecule has 0 aromatic carbocycles. The van der Waals surface area contributed by atoms with Gasteiger partial charge in [-0.25, -0.2) is 0 Å². The molecule has 0 aliphatic carbocycles. The molecule has 0 spiro atoms. The van der Waals surface area contributed by atoms with Crippen molar-refractivity contribution < 1.29 is 5.11 Å². The molecule has 4 heteroatoms. The van der Waals surface area contributed by atoms with Crippen molar-refractivity contribution in [2.45, 2.75) is 18.6 Å². The van der Waals surface area contributed by atoms with E-state index in [2.05, 4.69) is 5.10 Å². The van der Waals surface area contributed by atoms with Crippen molar-refractivity contribution in [3.63, 3.8) is 0 Å². The highest BCUT2D eigenvalue weighted by atomic mass is 32.2. The number of aryl methyl sites for hydroxylation is 2. The molecule has 1 atom stereocenters. The maximum Gasteiger partial charge on any atom is 0.0547 e. The molecule has 0 saturated carbocycles. The van der Waals surface area contributed by atoms with Crippen LogP contribution in [0.15, 0.2) is 12.3 Å². The zero-order chi connectivity index (χ0) is 9.68. The Bertz CT molecular complexity index is 250. The minimum Gasteiger partial charge on any atom is -0.395 e. The molecule has 0 aliphatic heterocycles. The van der Waals surface area contributed by atoms with Crippen molar-refractivity contribution in [3.05, 3.63) is 18.0 Å². The Kier molecular flexibility index (Phi) is 4.32. The standard InChI is InChI=1S/C9H16N2OS/c1-8(7-12)13-6-4-9-3-5-10-11(9)2/h3,5,8,12H,4,6-7H2,1-2H3. The number of rotatable bonds is 5. The summed E-state index contributed by atoms with van der Waals surface area (Å²) in [5.41, 5.74) is 1.25. The molecular formula is C9H16N2OS. The smallest absolute Gasteiger partial charge is 0.0547 e. The summed E-state index contributed by atoms with van der Waals surface area (Å²) in [7, 11) is 1.95. The summed E-state index contributed by atoms with van der Waals surface area (Å²) >= 11 is 1.79. The van der Waals surface area contributed by atoms with Gasteiger partial charge in [0.05, 0.1) is 6.61 Å². The van der Waals surface area contributed by atoms with Gasteiger partial charge in [0.15, 0.2) is 0 Å². The van der Waals surface area contributed by atoms with E-state index >= 15 is 0 Å². The summed E-state index contributed by atoms with van der Waals surface area (Å²) in [6.45, 7) is 2.30. The van der Waals surface area contributed by atoms with Gasteiger partial charge >= 0.3 is 0 Å². The molecule has 3 nitrogen and oxygen atoms in total. The summed E-state index contributed by atoms with van der Waals surface area (Å²) in [5, 5.41) is 13.2.